The Balaban J connectivity index is 2.23. The fraction of sp³-hybridized carbons (Fsp3) is 0.333. The lowest BCUT2D eigenvalue weighted by molar-refractivity contribution is 0.0944. The third-order valence-corrected chi connectivity index (χ3v) is 3.97. The van der Waals surface area contributed by atoms with Gasteiger partial charge in [0.1, 0.15) is 15.7 Å². The van der Waals surface area contributed by atoms with Crippen molar-refractivity contribution < 1.29 is 4.79 Å². The zero-order valence-corrected chi connectivity index (χ0v) is 12.3. The van der Waals surface area contributed by atoms with E-state index in [-0.39, 0.29) is 11.7 Å². The predicted octanol–water partition coefficient (Wildman–Crippen LogP) is 3.46. The molecule has 1 heterocycles. The van der Waals surface area contributed by atoms with E-state index in [1.54, 1.807) is 0 Å². The van der Waals surface area contributed by atoms with Crippen molar-refractivity contribution in [2.75, 3.05) is 5.73 Å². The Morgan fingerprint density at radius 1 is 1.42 bits per heavy atom. The first-order valence-corrected chi connectivity index (χ1v) is 7.14. The quantitative estimate of drug-likeness (QED) is 0.869. The highest BCUT2D eigenvalue weighted by molar-refractivity contribution is 7.14. The Labute approximate surface area is 117 Å². The number of ketones is 1. The van der Waals surface area contributed by atoms with Crippen LogP contribution in [0.2, 0.25) is 0 Å². The third-order valence-electron chi connectivity index (χ3n) is 2.88. The molecule has 0 aliphatic carbocycles. The van der Waals surface area contributed by atoms with Crippen LogP contribution in [-0.2, 0) is 6.42 Å². The fourth-order valence-electron chi connectivity index (χ4n) is 1.89. The number of nitrogen functional groups attached to an aromatic ring is 1. The zero-order chi connectivity index (χ0) is 14.0. The van der Waals surface area contributed by atoms with Gasteiger partial charge < -0.3 is 5.73 Å². The van der Waals surface area contributed by atoms with Crippen LogP contribution in [0.25, 0.3) is 0 Å². The number of thiazole rings is 1. The number of aromatic nitrogens is 1. The molecule has 4 heteroatoms. The Kier molecular flexibility index (Phi) is 4.00. The van der Waals surface area contributed by atoms with Crippen molar-refractivity contribution >= 4 is 22.9 Å². The molecule has 1 aromatic heterocycles. The van der Waals surface area contributed by atoms with Crippen molar-refractivity contribution in [2.45, 2.75) is 27.2 Å². The summed E-state index contributed by atoms with van der Waals surface area (Å²) in [5.74, 6) is 0.395. The Bertz CT molecular complexity index is 602. The molecule has 2 N–H and O–H groups in total. The van der Waals surface area contributed by atoms with E-state index in [2.05, 4.69) is 30.1 Å². The molecule has 0 unspecified atom stereocenters. The molecule has 100 valence electrons. The second-order valence-electron chi connectivity index (χ2n) is 5.01. The highest BCUT2D eigenvalue weighted by Gasteiger charge is 2.18. The first-order valence-electron chi connectivity index (χ1n) is 6.32. The van der Waals surface area contributed by atoms with E-state index in [0.717, 1.165) is 11.4 Å². The number of carbonyl (C=O) groups is 1. The molecule has 2 rings (SSSR count). The summed E-state index contributed by atoms with van der Waals surface area (Å²) in [6, 6.07) is 8.28. The van der Waals surface area contributed by atoms with Gasteiger partial charge in [-0.3, -0.25) is 4.79 Å². The first-order chi connectivity index (χ1) is 8.97. The lowest BCUT2D eigenvalue weighted by atomic mass is 10.1. The molecule has 1 aromatic carbocycles. The van der Waals surface area contributed by atoms with Gasteiger partial charge in [0.25, 0.3) is 0 Å². The number of anilines is 1. The molecule has 0 fully saturated rings. The van der Waals surface area contributed by atoms with Crippen LogP contribution < -0.4 is 5.73 Å². The largest absolute Gasteiger partial charge is 0.382 e. The summed E-state index contributed by atoms with van der Waals surface area (Å²) >= 11 is 1.41. The molecule has 0 bridgehead atoms. The highest BCUT2D eigenvalue weighted by atomic mass is 32.1. The third kappa shape index (κ3) is 3.20. The maximum Gasteiger partial charge on any atom is 0.179 e. The van der Waals surface area contributed by atoms with E-state index in [1.807, 2.05) is 19.9 Å². The maximum atomic E-state index is 12.0. The number of rotatable bonds is 4. The minimum Gasteiger partial charge on any atom is -0.382 e. The second-order valence-corrected chi connectivity index (χ2v) is 6.09. The van der Waals surface area contributed by atoms with Crippen molar-refractivity contribution in [3.05, 3.63) is 45.3 Å². The summed E-state index contributed by atoms with van der Waals surface area (Å²) in [6.07, 6.45) is 0.724. The summed E-state index contributed by atoms with van der Waals surface area (Å²) < 4.78 is 0. The number of nitrogens with two attached hydrogens (primary N) is 1. The SMILES string of the molecule is Cc1cccc(Cc2nc(N)c(C(=O)C(C)C)s2)c1. The van der Waals surface area contributed by atoms with Crippen LogP contribution in [0.3, 0.4) is 0 Å². The normalized spacial score (nSPS) is 10.9. The summed E-state index contributed by atoms with van der Waals surface area (Å²) in [7, 11) is 0. The second kappa shape index (κ2) is 5.53. The van der Waals surface area contributed by atoms with Crippen LogP contribution in [0.15, 0.2) is 24.3 Å². The standard InChI is InChI=1S/C15H18N2OS/c1-9(2)13(18)14-15(16)17-12(19-14)8-11-6-4-5-10(3)7-11/h4-7,9H,8,16H2,1-3H3. The van der Waals surface area contributed by atoms with Crippen molar-refractivity contribution in [3.8, 4) is 0 Å². The minimum atomic E-state index is -0.0467. The molecule has 3 nitrogen and oxygen atoms in total. The van der Waals surface area contributed by atoms with Gasteiger partial charge in [-0.1, -0.05) is 43.7 Å². The molecule has 19 heavy (non-hydrogen) atoms. The van der Waals surface area contributed by atoms with E-state index >= 15 is 0 Å². The number of Topliss-reactive ketones (excluding diaryl/α,β-unsaturated/α-hetero) is 1. The van der Waals surface area contributed by atoms with Crippen LogP contribution in [0.1, 0.15) is 39.7 Å². The van der Waals surface area contributed by atoms with Crippen molar-refractivity contribution in [1.82, 2.24) is 4.98 Å². The minimum absolute atomic E-state index is 0.0467. The molecule has 0 aliphatic rings. The molecule has 0 amide bonds. The van der Waals surface area contributed by atoms with Gasteiger partial charge in [-0.2, -0.15) is 0 Å². The molecule has 0 saturated heterocycles. The van der Waals surface area contributed by atoms with E-state index in [4.69, 9.17) is 5.73 Å². The first kappa shape index (κ1) is 13.7. The maximum absolute atomic E-state index is 12.0. The van der Waals surface area contributed by atoms with Gasteiger partial charge in [0.05, 0.1) is 0 Å². The highest BCUT2D eigenvalue weighted by Crippen LogP contribution is 2.25. The van der Waals surface area contributed by atoms with Gasteiger partial charge in [0.2, 0.25) is 0 Å². The number of hydrogen-bond donors (Lipinski definition) is 1. The van der Waals surface area contributed by atoms with Gasteiger partial charge in [0.15, 0.2) is 5.78 Å². The molecule has 0 atom stereocenters. The Morgan fingerprint density at radius 2 is 2.16 bits per heavy atom. The lowest BCUT2D eigenvalue weighted by Crippen LogP contribution is -2.07. The van der Waals surface area contributed by atoms with Crippen LogP contribution in [0.5, 0.6) is 0 Å². The average molecular weight is 274 g/mol. The monoisotopic (exact) mass is 274 g/mol. The molecule has 0 spiro atoms. The van der Waals surface area contributed by atoms with Crippen LogP contribution in [0, 0.1) is 12.8 Å². The van der Waals surface area contributed by atoms with E-state index < -0.39 is 0 Å². The Morgan fingerprint density at radius 3 is 2.79 bits per heavy atom. The number of nitrogens with zero attached hydrogens (tertiary/aromatic N) is 1. The predicted molar refractivity (Wildman–Crippen MR) is 79.7 cm³/mol. The number of hydrogen-bond acceptors (Lipinski definition) is 4. The lowest BCUT2D eigenvalue weighted by Gasteiger charge is -2.00. The molecular weight excluding hydrogens is 256 g/mol. The average Bonchev–Trinajstić information content (AvgIpc) is 2.69. The van der Waals surface area contributed by atoms with Crippen LogP contribution in [0.4, 0.5) is 5.82 Å². The van der Waals surface area contributed by atoms with E-state index in [0.29, 0.717) is 10.7 Å². The van der Waals surface area contributed by atoms with Gasteiger partial charge in [-0.25, -0.2) is 4.98 Å². The van der Waals surface area contributed by atoms with E-state index in [1.165, 1.54) is 22.5 Å². The topological polar surface area (TPSA) is 56.0 Å². The molecule has 2 aromatic rings. The van der Waals surface area contributed by atoms with Gasteiger partial charge >= 0.3 is 0 Å². The summed E-state index contributed by atoms with van der Waals surface area (Å²) in [4.78, 5) is 16.9. The number of carbonyl (C=O) groups excluding carboxylic acids is 1. The van der Waals surface area contributed by atoms with Gasteiger partial charge in [-0.05, 0) is 12.5 Å². The summed E-state index contributed by atoms with van der Waals surface area (Å²) in [5.41, 5.74) is 8.26. The van der Waals surface area contributed by atoms with Gasteiger partial charge in [-0.15, -0.1) is 11.3 Å². The van der Waals surface area contributed by atoms with E-state index in [9.17, 15) is 4.79 Å². The van der Waals surface area contributed by atoms with Crippen molar-refractivity contribution in [2.24, 2.45) is 5.92 Å². The summed E-state index contributed by atoms with van der Waals surface area (Å²) in [6.45, 7) is 5.82. The summed E-state index contributed by atoms with van der Waals surface area (Å²) in [5, 5.41) is 0.895. The smallest absolute Gasteiger partial charge is 0.179 e. The number of aryl methyl sites for hydroxylation is 1. The fourth-order valence-corrected chi connectivity index (χ4v) is 2.99. The van der Waals surface area contributed by atoms with Crippen LogP contribution >= 0.6 is 11.3 Å². The zero-order valence-electron chi connectivity index (χ0n) is 11.4. The molecular formula is C15H18N2OS. The van der Waals surface area contributed by atoms with Crippen LogP contribution in [-0.4, -0.2) is 10.8 Å². The van der Waals surface area contributed by atoms with Crippen molar-refractivity contribution in [3.63, 3.8) is 0 Å². The molecule has 0 radical (unpaired) electrons. The van der Waals surface area contributed by atoms with Gasteiger partial charge in [0, 0.05) is 12.3 Å². The Hall–Kier alpha value is -1.68. The molecule has 0 saturated carbocycles. The molecule has 0 aliphatic heterocycles. The number of benzene rings is 1. The van der Waals surface area contributed by atoms with Crippen molar-refractivity contribution in [1.29, 1.82) is 0 Å².